The highest BCUT2D eigenvalue weighted by Gasteiger charge is 2.46. The van der Waals surface area contributed by atoms with E-state index in [2.05, 4.69) is 24.8 Å². The van der Waals surface area contributed by atoms with Crippen molar-refractivity contribution >= 4 is 42.7 Å². The van der Waals surface area contributed by atoms with E-state index in [1.807, 2.05) is 0 Å². The third kappa shape index (κ3) is 7.86. The van der Waals surface area contributed by atoms with Crippen LogP contribution in [-0.4, -0.2) is 89.6 Å². The van der Waals surface area contributed by atoms with Crippen LogP contribution in [0.25, 0.3) is 11.2 Å². The van der Waals surface area contributed by atoms with Crippen LogP contribution in [0.2, 0.25) is 0 Å². The number of ketones is 1. The molecule has 1 fully saturated rings. The van der Waals surface area contributed by atoms with E-state index >= 15 is 0 Å². The van der Waals surface area contributed by atoms with Crippen molar-refractivity contribution in [2.75, 3.05) is 12.3 Å². The minimum absolute atomic E-state index is 0.112. The number of aromatic nitrogens is 4. The van der Waals surface area contributed by atoms with Gasteiger partial charge in [-0.25, -0.2) is 19.5 Å². The predicted molar refractivity (Wildman–Crippen MR) is 148 cm³/mol. The Morgan fingerprint density at radius 1 is 1.23 bits per heavy atom. The lowest BCUT2D eigenvalue weighted by Gasteiger charge is -2.26. The Balaban J connectivity index is 1.55. The van der Waals surface area contributed by atoms with Crippen molar-refractivity contribution in [3.63, 3.8) is 0 Å². The summed E-state index contributed by atoms with van der Waals surface area (Å²) in [5, 5.41) is 24.1. The molecule has 0 saturated carbocycles. The number of hydrogen-bond acceptors (Lipinski definition) is 14. The number of carbonyl (C=O) groups excluding carboxylic acids is 2. The van der Waals surface area contributed by atoms with Gasteiger partial charge in [0, 0.05) is 6.42 Å². The normalized spacial score (nSPS) is 22.1. The molecule has 6 N–H and O–H groups in total. The number of imidazole rings is 1. The molecule has 2 unspecified atom stereocenters. The van der Waals surface area contributed by atoms with Crippen LogP contribution in [0.15, 0.2) is 43.0 Å². The highest BCUT2D eigenvalue weighted by atomic mass is 31.2. The lowest BCUT2D eigenvalue weighted by atomic mass is 10.1. The van der Waals surface area contributed by atoms with Crippen molar-refractivity contribution in [2.45, 2.75) is 63.4 Å². The fourth-order valence-electron chi connectivity index (χ4n) is 4.20. The summed E-state index contributed by atoms with van der Waals surface area (Å²) >= 11 is 0. The van der Waals surface area contributed by atoms with Gasteiger partial charge in [-0.3, -0.25) is 18.7 Å². The Morgan fingerprint density at radius 2 is 1.98 bits per heavy atom. The second-order valence-corrected chi connectivity index (χ2v) is 11.5. The standard InChI is InChI=1S/C25H31N8O9P/c1-14(2)40-25(37)17(9-8-15(34)10-31-27)32-43(38,42-16-6-4-3-5-7-16)39-11-18-20(35)21(36)24(41-18)33-13-30-19-22(26)28-12-29-23(19)33/h3-7,10,12-14,17-18,20-21,24,26,35-36H,8-9,11H2,1-2H3,(H2-,27,32,34,38)/p+1/t17-,18+,20-,21?,24+,43?/m0/s1. The van der Waals surface area contributed by atoms with Gasteiger partial charge in [0.1, 0.15) is 41.9 Å². The Labute approximate surface area is 245 Å². The summed E-state index contributed by atoms with van der Waals surface area (Å²) in [6.45, 7) is 2.67. The van der Waals surface area contributed by atoms with E-state index in [0.29, 0.717) is 0 Å². The van der Waals surface area contributed by atoms with Crippen molar-refractivity contribution in [3.05, 3.63) is 43.0 Å². The Hall–Kier alpha value is -4.08. The van der Waals surface area contributed by atoms with Crippen LogP contribution in [0.5, 0.6) is 5.75 Å². The molecule has 2 aromatic heterocycles. The van der Waals surface area contributed by atoms with E-state index in [4.69, 9.17) is 29.8 Å². The summed E-state index contributed by atoms with van der Waals surface area (Å²) in [7, 11) is -4.46. The van der Waals surface area contributed by atoms with Gasteiger partial charge in [-0.2, -0.15) is 5.09 Å². The second-order valence-electron chi connectivity index (χ2n) is 9.76. The van der Waals surface area contributed by atoms with E-state index in [1.165, 1.54) is 29.4 Å². The number of hydrogen-bond donors (Lipinski definition) is 5. The fraction of sp³-hybridized carbons (Fsp3) is 0.440. The van der Waals surface area contributed by atoms with E-state index in [0.717, 1.165) is 6.21 Å². The zero-order chi connectivity index (χ0) is 31.1. The Morgan fingerprint density at radius 3 is 2.67 bits per heavy atom. The number of benzene rings is 1. The number of aliphatic hydroxyl groups is 2. The number of para-hydroxylation sites is 1. The summed E-state index contributed by atoms with van der Waals surface area (Å²) < 4.78 is 37.9. The molecule has 4 rings (SSSR count). The smallest absolute Gasteiger partial charge is 0.459 e. The summed E-state index contributed by atoms with van der Waals surface area (Å²) in [5.41, 5.74) is 13.2. The van der Waals surface area contributed by atoms with Crippen molar-refractivity contribution in [2.24, 2.45) is 0 Å². The molecule has 1 aliphatic heterocycles. The van der Waals surface area contributed by atoms with E-state index in [-0.39, 0.29) is 35.6 Å². The second kappa shape index (κ2) is 13.9. The fourth-order valence-corrected chi connectivity index (χ4v) is 5.74. The minimum atomic E-state index is -4.46. The van der Waals surface area contributed by atoms with Crippen LogP contribution in [0, 0.1) is 5.53 Å². The number of nitrogens with one attached hydrogen (secondary N) is 2. The zero-order valence-corrected chi connectivity index (χ0v) is 24.1. The minimum Gasteiger partial charge on any atom is -0.462 e. The third-order valence-corrected chi connectivity index (χ3v) is 7.78. The van der Waals surface area contributed by atoms with Gasteiger partial charge in [-0.15, -0.1) is 0 Å². The third-order valence-electron chi connectivity index (χ3n) is 6.21. The van der Waals surface area contributed by atoms with E-state index in [1.54, 1.807) is 32.0 Å². The molecule has 17 nitrogen and oxygen atoms in total. The molecule has 6 atom stereocenters. The molecule has 1 saturated heterocycles. The molecule has 0 spiro atoms. The van der Waals surface area contributed by atoms with Crippen LogP contribution < -0.4 is 15.3 Å². The number of aliphatic hydroxyl groups excluding tert-OH is 2. The number of esters is 1. The molecule has 3 aromatic rings. The monoisotopic (exact) mass is 619 g/mol. The first-order chi connectivity index (χ1) is 20.5. The highest BCUT2D eigenvalue weighted by Crippen LogP contribution is 2.46. The molecule has 230 valence electrons. The van der Waals surface area contributed by atoms with Crippen molar-refractivity contribution in [1.29, 1.82) is 5.53 Å². The number of ether oxygens (including phenoxy) is 2. The average molecular weight is 620 g/mol. The van der Waals surface area contributed by atoms with Gasteiger partial charge in [0.15, 0.2) is 17.7 Å². The molecule has 0 aliphatic carbocycles. The van der Waals surface area contributed by atoms with Crippen LogP contribution in [-0.2, 0) is 28.2 Å². The maximum absolute atomic E-state index is 14.1. The lowest BCUT2D eigenvalue weighted by molar-refractivity contribution is -0.149. The summed E-state index contributed by atoms with van der Waals surface area (Å²) in [5.74, 6) is -1.13. The largest absolute Gasteiger partial charge is 0.462 e. The van der Waals surface area contributed by atoms with Gasteiger partial charge in [-0.1, -0.05) is 18.2 Å². The van der Waals surface area contributed by atoms with Crippen molar-refractivity contribution in [3.8, 4) is 5.75 Å². The molecule has 1 aromatic carbocycles. The number of carbonyl (C=O) groups is 2. The van der Waals surface area contributed by atoms with Gasteiger partial charge in [0.25, 0.3) is 0 Å². The Kier molecular flexibility index (Phi) is 10.3. The predicted octanol–water partition coefficient (Wildman–Crippen LogP) is 0.800. The highest BCUT2D eigenvalue weighted by molar-refractivity contribution is 7.52. The average Bonchev–Trinajstić information content (AvgIpc) is 3.51. The van der Waals surface area contributed by atoms with Gasteiger partial charge in [0.2, 0.25) is 5.78 Å². The van der Waals surface area contributed by atoms with Gasteiger partial charge < -0.3 is 29.9 Å². The zero-order valence-electron chi connectivity index (χ0n) is 23.2. The van der Waals surface area contributed by atoms with E-state index in [9.17, 15) is 24.4 Å². The summed E-state index contributed by atoms with van der Waals surface area (Å²) in [6, 6.07) is 6.63. The quantitative estimate of drug-likeness (QED) is 0.0551. The molecule has 43 heavy (non-hydrogen) atoms. The number of Topliss-reactive ketones (excluding diaryl/α,β-unsaturated/α-hetero) is 1. The van der Waals surface area contributed by atoms with Gasteiger partial charge >= 0.3 is 19.9 Å². The maximum Gasteiger partial charge on any atom is 0.459 e. The number of nitrogens with zero attached hydrogens (tertiary/aromatic N) is 5. The van der Waals surface area contributed by atoms with Crippen molar-refractivity contribution < 1.29 is 47.7 Å². The number of nitrogen functional groups attached to an aromatic ring is 1. The van der Waals surface area contributed by atoms with Crippen LogP contribution in [0.3, 0.4) is 0 Å². The number of nitrogens with two attached hydrogens (primary N) is 1. The van der Waals surface area contributed by atoms with Crippen LogP contribution >= 0.6 is 7.75 Å². The molecule has 0 radical (unpaired) electrons. The topological polar surface area (TPSA) is 248 Å². The summed E-state index contributed by atoms with van der Waals surface area (Å²) in [4.78, 5) is 39.9. The van der Waals surface area contributed by atoms with Gasteiger partial charge in [-0.05, 0) is 32.4 Å². The molecule has 3 heterocycles. The molecule has 0 bridgehead atoms. The van der Waals surface area contributed by atoms with E-state index < -0.39 is 62.8 Å². The first-order valence-electron chi connectivity index (χ1n) is 13.2. The van der Waals surface area contributed by atoms with Crippen LogP contribution in [0.4, 0.5) is 5.82 Å². The van der Waals surface area contributed by atoms with Crippen molar-refractivity contribution in [1.82, 2.24) is 24.6 Å². The maximum atomic E-state index is 14.1. The molecule has 18 heteroatoms. The molecule has 0 amide bonds. The first kappa shape index (κ1) is 31.8. The van der Waals surface area contributed by atoms with Crippen LogP contribution in [0.1, 0.15) is 32.9 Å². The SMILES string of the molecule is CC(C)OC(=O)[C@H](CCC(=O)C=[N+]=N)NP(=O)(OC[C@H]1O[C@@H](n2cnc3c(N)ncnc32)C(O)[C@H]1O)Oc1ccccc1. The number of rotatable bonds is 14. The molecule has 1 aliphatic rings. The first-order valence-corrected chi connectivity index (χ1v) is 14.7. The summed E-state index contributed by atoms with van der Waals surface area (Å²) in [6.07, 6.45) is -2.99. The lowest BCUT2D eigenvalue weighted by Crippen LogP contribution is -2.40. The van der Waals surface area contributed by atoms with Gasteiger partial charge in [0.05, 0.1) is 29.4 Å². The molecular formula is C25H32N8O9P+. The number of anilines is 1. The Bertz CT molecular complexity index is 1530. The number of fused-ring (bicyclic) bond motifs is 1. The molecular weight excluding hydrogens is 587 g/mol.